The van der Waals surface area contributed by atoms with Crippen LogP contribution < -0.4 is 5.32 Å². The van der Waals surface area contributed by atoms with Gasteiger partial charge in [-0.2, -0.15) is 0 Å². The standard InChI is InChI=1S/C17H23NO5/c1-12(2)23-11-13-3-5-14(6-4-13)15(19)18-17(16(20)21)7-9-22-10-8-17/h3-6,12H,7-11H2,1-2H3,(H,18,19)(H,20,21). The first kappa shape index (κ1) is 17.4. The molecule has 1 heterocycles. The quantitative estimate of drug-likeness (QED) is 0.837. The molecule has 0 spiro atoms. The Kier molecular flexibility index (Phi) is 5.74. The molecule has 2 N–H and O–H groups in total. The summed E-state index contributed by atoms with van der Waals surface area (Å²) in [5.41, 5.74) is 0.161. The van der Waals surface area contributed by atoms with Crippen molar-refractivity contribution >= 4 is 11.9 Å². The van der Waals surface area contributed by atoms with Crippen LogP contribution in [0.5, 0.6) is 0 Å². The van der Waals surface area contributed by atoms with E-state index in [4.69, 9.17) is 9.47 Å². The zero-order valence-corrected chi connectivity index (χ0v) is 13.5. The molecule has 1 saturated heterocycles. The number of carbonyl (C=O) groups is 2. The second-order valence-corrected chi connectivity index (χ2v) is 6.01. The van der Waals surface area contributed by atoms with Crippen molar-refractivity contribution in [2.45, 2.75) is 44.9 Å². The monoisotopic (exact) mass is 321 g/mol. The van der Waals surface area contributed by atoms with Crippen LogP contribution in [0, 0.1) is 0 Å². The molecule has 126 valence electrons. The molecule has 23 heavy (non-hydrogen) atoms. The third kappa shape index (κ3) is 4.53. The number of hydrogen-bond donors (Lipinski definition) is 2. The summed E-state index contributed by atoms with van der Waals surface area (Å²) in [5, 5.41) is 12.1. The van der Waals surface area contributed by atoms with E-state index in [-0.39, 0.29) is 24.9 Å². The highest BCUT2D eigenvalue weighted by Crippen LogP contribution is 2.22. The van der Waals surface area contributed by atoms with E-state index in [1.54, 1.807) is 12.1 Å². The zero-order chi connectivity index (χ0) is 16.9. The van der Waals surface area contributed by atoms with Crippen LogP contribution in [-0.4, -0.2) is 41.8 Å². The molecule has 6 heteroatoms. The van der Waals surface area contributed by atoms with E-state index in [0.29, 0.717) is 25.4 Å². The van der Waals surface area contributed by atoms with Gasteiger partial charge in [-0.3, -0.25) is 4.79 Å². The topological polar surface area (TPSA) is 84.9 Å². The Morgan fingerprint density at radius 3 is 2.39 bits per heavy atom. The van der Waals surface area contributed by atoms with Crippen LogP contribution in [0.3, 0.4) is 0 Å². The molecule has 1 fully saturated rings. The van der Waals surface area contributed by atoms with Crippen molar-refractivity contribution in [1.82, 2.24) is 5.32 Å². The smallest absolute Gasteiger partial charge is 0.329 e. The molecule has 0 radical (unpaired) electrons. The van der Waals surface area contributed by atoms with Gasteiger partial charge in [0.05, 0.1) is 12.7 Å². The highest BCUT2D eigenvalue weighted by Gasteiger charge is 2.41. The predicted molar refractivity (Wildman–Crippen MR) is 84.3 cm³/mol. The Labute approximate surface area is 135 Å². The summed E-state index contributed by atoms with van der Waals surface area (Å²) in [4.78, 5) is 23.9. The molecule has 1 aromatic carbocycles. The van der Waals surface area contributed by atoms with E-state index in [9.17, 15) is 14.7 Å². The second-order valence-electron chi connectivity index (χ2n) is 6.01. The van der Waals surface area contributed by atoms with Gasteiger partial charge in [0.2, 0.25) is 0 Å². The predicted octanol–water partition coefficient (Wildman–Crippen LogP) is 1.98. The number of nitrogens with one attached hydrogen (secondary N) is 1. The number of carboxylic acids is 1. The fourth-order valence-corrected chi connectivity index (χ4v) is 2.42. The summed E-state index contributed by atoms with van der Waals surface area (Å²) in [5.74, 6) is -1.40. The first-order valence-electron chi connectivity index (χ1n) is 7.77. The number of aliphatic carboxylic acids is 1. The molecule has 0 atom stereocenters. The molecule has 0 saturated carbocycles. The van der Waals surface area contributed by atoms with Gasteiger partial charge in [0.15, 0.2) is 0 Å². The molecule has 1 amide bonds. The lowest BCUT2D eigenvalue weighted by molar-refractivity contribution is -0.148. The Hall–Kier alpha value is -1.92. The van der Waals surface area contributed by atoms with Gasteiger partial charge in [-0.1, -0.05) is 12.1 Å². The minimum absolute atomic E-state index is 0.141. The maximum absolute atomic E-state index is 12.4. The van der Waals surface area contributed by atoms with Crippen LogP contribution in [0.2, 0.25) is 0 Å². The van der Waals surface area contributed by atoms with Crippen molar-refractivity contribution in [3.8, 4) is 0 Å². The van der Waals surface area contributed by atoms with E-state index in [2.05, 4.69) is 5.32 Å². The molecule has 0 unspecified atom stereocenters. The number of amides is 1. The highest BCUT2D eigenvalue weighted by molar-refractivity contribution is 5.97. The largest absolute Gasteiger partial charge is 0.480 e. The molecule has 1 aliphatic rings. The van der Waals surface area contributed by atoms with Crippen molar-refractivity contribution in [3.63, 3.8) is 0 Å². The molecule has 0 bridgehead atoms. The Bertz CT molecular complexity index is 547. The van der Waals surface area contributed by atoms with Gasteiger partial charge in [0, 0.05) is 31.6 Å². The third-order valence-electron chi connectivity index (χ3n) is 3.91. The van der Waals surface area contributed by atoms with Crippen LogP contribution in [-0.2, 0) is 20.9 Å². The van der Waals surface area contributed by atoms with Crippen molar-refractivity contribution in [2.75, 3.05) is 13.2 Å². The first-order chi connectivity index (χ1) is 10.9. The summed E-state index contributed by atoms with van der Waals surface area (Å²) in [6, 6.07) is 7.00. The summed E-state index contributed by atoms with van der Waals surface area (Å²) in [7, 11) is 0. The molecule has 0 aliphatic carbocycles. The lowest BCUT2D eigenvalue weighted by atomic mass is 9.89. The fourth-order valence-electron chi connectivity index (χ4n) is 2.42. The lowest BCUT2D eigenvalue weighted by Crippen LogP contribution is -2.57. The van der Waals surface area contributed by atoms with Gasteiger partial charge in [-0.25, -0.2) is 4.79 Å². The molecular formula is C17H23NO5. The van der Waals surface area contributed by atoms with Gasteiger partial charge < -0.3 is 19.9 Å². The minimum atomic E-state index is -1.24. The third-order valence-corrected chi connectivity index (χ3v) is 3.91. The second kappa shape index (κ2) is 7.57. The molecular weight excluding hydrogens is 298 g/mol. The Morgan fingerprint density at radius 1 is 1.26 bits per heavy atom. The maximum Gasteiger partial charge on any atom is 0.329 e. The van der Waals surface area contributed by atoms with E-state index < -0.39 is 11.5 Å². The number of carboxylic acid groups (broad SMARTS) is 1. The summed E-state index contributed by atoms with van der Waals surface area (Å²) >= 11 is 0. The number of benzene rings is 1. The van der Waals surface area contributed by atoms with E-state index in [0.717, 1.165) is 5.56 Å². The minimum Gasteiger partial charge on any atom is -0.480 e. The van der Waals surface area contributed by atoms with Crippen molar-refractivity contribution in [3.05, 3.63) is 35.4 Å². The number of hydrogen-bond acceptors (Lipinski definition) is 4. The van der Waals surface area contributed by atoms with Gasteiger partial charge in [0.1, 0.15) is 5.54 Å². The lowest BCUT2D eigenvalue weighted by Gasteiger charge is -2.33. The Balaban J connectivity index is 2.03. The van der Waals surface area contributed by atoms with Gasteiger partial charge in [-0.15, -0.1) is 0 Å². The first-order valence-corrected chi connectivity index (χ1v) is 7.77. The van der Waals surface area contributed by atoms with Gasteiger partial charge in [-0.05, 0) is 31.5 Å². The Morgan fingerprint density at radius 2 is 1.87 bits per heavy atom. The normalized spacial score (nSPS) is 17.0. The van der Waals surface area contributed by atoms with Gasteiger partial charge in [0.25, 0.3) is 5.91 Å². The summed E-state index contributed by atoms with van der Waals surface area (Å²) < 4.78 is 10.7. The number of ether oxygens (including phenoxy) is 2. The van der Waals surface area contributed by atoms with E-state index in [1.165, 1.54) is 0 Å². The van der Waals surface area contributed by atoms with Crippen molar-refractivity contribution in [2.24, 2.45) is 0 Å². The van der Waals surface area contributed by atoms with Crippen molar-refractivity contribution < 1.29 is 24.2 Å². The average Bonchev–Trinajstić information content (AvgIpc) is 2.54. The van der Waals surface area contributed by atoms with Crippen LogP contribution >= 0.6 is 0 Å². The molecule has 1 aromatic rings. The van der Waals surface area contributed by atoms with E-state index in [1.807, 2.05) is 26.0 Å². The molecule has 6 nitrogen and oxygen atoms in total. The number of carbonyl (C=O) groups excluding carboxylic acids is 1. The van der Waals surface area contributed by atoms with E-state index >= 15 is 0 Å². The molecule has 0 aromatic heterocycles. The molecule has 1 aliphatic heterocycles. The fraction of sp³-hybridized carbons (Fsp3) is 0.529. The zero-order valence-electron chi connectivity index (χ0n) is 13.5. The van der Waals surface area contributed by atoms with Crippen LogP contribution in [0.25, 0.3) is 0 Å². The van der Waals surface area contributed by atoms with Gasteiger partial charge >= 0.3 is 5.97 Å². The highest BCUT2D eigenvalue weighted by atomic mass is 16.5. The van der Waals surface area contributed by atoms with Crippen molar-refractivity contribution in [1.29, 1.82) is 0 Å². The number of rotatable bonds is 6. The van der Waals surface area contributed by atoms with Crippen LogP contribution in [0.15, 0.2) is 24.3 Å². The average molecular weight is 321 g/mol. The summed E-state index contributed by atoms with van der Waals surface area (Å²) in [6.07, 6.45) is 0.685. The van der Waals surface area contributed by atoms with Crippen LogP contribution in [0.1, 0.15) is 42.6 Å². The summed E-state index contributed by atoms with van der Waals surface area (Å²) in [6.45, 7) is 5.06. The van der Waals surface area contributed by atoms with Crippen LogP contribution in [0.4, 0.5) is 0 Å². The SMILES string of the molecule is CC(C)OCc1ccc(C(=O)NC2(C(=O)O)CCOCC2)cc1. The molecule has 2 rings (SSSR count). The maximum atomic E-state index is 12.4.